The van der Waals surface area contributed by atoms with Gasteiger partial charge in [0.1, 0.15) is 0 Å². The van der Waals surface area contributed by atoms with Crippen molar-refractivity contribution in [3.05, 3.63) is 45.2 Å². The molecule has 130 valence electrons. The van der Waals surface area contributed by atoms with Crippen LogP contribution < -0.4 is 5.43 Å². The van der Waals surface area contributed by atoms with Crippen LogP contribution in [-0.2, 0) is 11.3 Å². The Bertz CT molecular complexity index is 797. The molecule has 2 N–H and O–H groups in total. The van der Waals surface area contributed by atoms with Crippen LogP contribution in [-0.4, -0.2) is 46.4 Å². The van der Waals surface area contributed by atoms with E-state index in [1.54, 1.807) is 6.07 Å². The quantitative estimate of drug-likeness (QED) is 0.901. The fraction of sp³-hybridized carbons (Fsp3) is 0.526. The van der Waals surface area contributed by atoms with E-state index in [-0.39, 0.29) is 17.6 Å². The maximum absolute atomic E-state index is 12.5. The van der Waals surface area contributed by atoms with Crippen LogP contribution in [0.25, 0.3) is 10.9 Å². The summed E-state index contributed by atoms with van der Waals surface area (Å²) in [5.41, 5.74) is 3.89. The number of ether oxygens (including phenoxy) is 1. The van der Waals surface area contributed by atoms with E-state index in [0.717, 1.165) is 27.7 Å². The number of rotatable bonds is 4. The van der Waals surface area contributed by atoms with Crippen molar-refractivity contribution in [3.8, 4) is 0 Å². The van der Waals surface area contributed by atoms with E-state index in [2.05, 4.69) is 9.88 Å². The smallest absolute Gasteiger partial charge is 0.189 e. The fourth-order valence-corrected chi connectivity index (χ4v) is 3.49. The fourth-order valence-electron chi connectivity index (χ4n) is 3.49. The van der Waals surface area contributed by atoms with Crippen LogP contribution in [0.3, 0.4) is 0 Å². The van der Waals surface area contributed by atoms with Gasteiger partial charge in [-0.2, -0.15) is 0 Å². The second kappa shape index (κ2) is 6.67. The zero-order chi connectivity index (χ0) is 17.4. The SMILES string of the molecule is Cc1ccc(C)c2c(=O)cc(CN3C[C@H](OC(C)C)[C@@H](O)C3)[nH]c12. The van der Waals surface area contributed by atoms with Crippen molar-refractivity contribution >= 4 is 10.9 Å². The molecular weight excluding hydrogens is 304 g/mol. The van der Waals surface area contributed by atoms with Gasteiger partial charge < -0.3 is 14.8 Å². The predicted molar refractivity (Wildman–Crippen MR) is 95.3 cm³/mol. The number of aromatic amines is 1. The van der Waals surface area contributed by atoms with Crippen molar-refractivity contribution in [2.24, 2.45) is 0 Å². The highest BCUT2D eigenvalue weighted by atomic mass is 16.5. The highest BCUT2D eigenvalue weighted by Gasteiger charge is 2.32. The van der Waals surface area contributed by atoms with Crippen LogP contribution in [0.4, 0.5) is 0 Å². The number of nitrogens with zero attached hydrogens (tertiary/aromatic N) is 1. The number of H-pyrrole nitrogens is 1. The summed E-state index contributed by atoms with van der Waals surface area (Å²) >= 11 is 0. The molecule has 2 atom stereocenters. The van der Waals surface area contributed by atoms with Crippen molar-refractivity contribution in [3.63, 3.8) is 0 Å². The van der Waals surface area contributed by atoms with Crippen LogP contribution >= 0.6 is 0 Å². The van der Waals surface area contributed by atoms with Crippen molar-refractivity contribution in [1.29, 1.82) is 0 Å². The van der Waals surface area contributed by atoms with Gasteiger partial charge in [0.05, 0.1) is 23.8 Å². The lowest BCUT2D eigenvalue weighted by atomic mass is 10.0. The minimum atomic E-state index is -0.483. The summed E-state index contributed by atoms with van der Waals surface area (Å²) in [5.74, 6) is 0. The minimum Gasteiger partial charge on any atom is -0.389 e. The summed E-state index contributed by atoms with van der Waals surface area (Å²) in [6.45, 7) is 9.75. The van der Waals surface area contributed by atoms with Gasteiger partial charge in [0, 0.05) is 36.8 Å². The first-order chi connectivity index (χ1) is 11.3. The number of benzene rings is 1. The lowest BCUT2D eigenvalue weighted by molar-refractivity contribution is -0.0396. The maximum atomic E-state index is 12.5. The molecule has 0 bridgehead atoms. The molecule has 5 nitrogen and oxygen atoms in total. The molecule has 5 heteroatoms. The number of pyridine rings is 1. The average Bonchev–Trinajstić information content (AvgIpc) is 2.81. The van der Waals surface area contributed by atoms with Gasteiger partial charge in [0.25, 0.3) is 0 Å². The Morgan fingerprint density at radius 3 is 2.71 bits per heavy atom. The average molecular weight is 330 g/mol. The van der Waals surface area contributed by atoms with Gasteiger partial charge >= 0.3 is 0 Å². The minimum absolute atomic E-state index is 0.0506. The molecule has 3 rings (SSSR count). The van der Waals surface area contributed by atoms with Gasteiger partial charge in [0.2, 0.25) is 0 Å². The Balaban J connectivity index is 1.84. The lowest BCUT2D eigenvalue weighted by Gasteiger charge is -2.18. The molecule has 0 radical (unpaired) electrons. The second-order valence-corrected chi connectivity index (χ2v) is 7.09. The van der Waals surface area contributed by atoms with E-state index in [1.165, 1.54) is 0 Å². The number of aromatic nitrogens is 1. The number of hydrogen-bond acceptors (Lipinski definition) is 4. The number of fused-ring (bicyclic) bond motifs is 1. The van der Waals surface area contributed by atoms with Crippen molar-refractivity contribution in [2.75, 3.05) is 13.1 Å². The van der Waals surface area contributed by atoms with Crippen LogP contribution in [0.5, 0.6) is 0 Å². The number of aliphatic hydroxyl groups is 1. The monoisotopic (exact) mass is 330 g/mol. The normalized spacial score (nSPS) is 21.9. The molecule has 1 saturated heterocycles. The van der Waals surface area contributed by atoms with Gasteiger partial charge in [0.15, 0.2) is 5.43 Å². The molecule has 0 amide bonds. The zero-order valence-electron chi connectivity index (χ0n) is 14.8. The van der Waals surface area contributed by atoms with E-state index in [9.17, 15) is 9.90 Å². The molecule has 2 aromatic rings. The summed E-state index contributed by atoms with van der Waals surface area (Å²) in [6, 6.07) is 5.69. The number of aryl methyl sites for hydroxylation is 2. The number of likely N-dealkylation sites (tertiary alicyclic amines) is 1. The summed E-state index contributed by atoms with van der Waals surface area (Å²) in [6.07, 6.45) is -0.555. The Hall–Kier alpha value is -1.69. The van der Waals surface area contributed by atoms with E-state index in [1.807, 2.05) is 39.8 Å². The van der Waals surface area contributed by atoms with E-state index in [0.29, 0.717) is 19.6 Å². The van der Waals surface area contributed by atoms with Crippen molar-refractivity contribution in [2.45, 2.75) is 52.6 Å². The Morgan fingerprint density at radius 1 is 1.29 bits per heavy atom. The molecule has 24 heavy (non-hydrogen) atoms. The highest BCUT2D eigenvalue weighted by Crippen LogP contribution is 2.20. The summed E-state index contributed by atoms with van der Waals surface area (Å²) < 4.78 is 5.76. The third kappa shape index (κ3) is 3.38. The van der Waals surface area contributed by atoms with Crippen molar-refractivity contribution in [1.82, 2.24) is 9.88 Å². The van der Waals surface area contributed by atoms with Gasteiger partial charge in [-0.25, -0.2) is 0 Å². The maximum Gasteiger partial charge on any atom is 0.189 e. The Labute approximate surface area is 142 Å². The third-order valence-corrected chi connectivity index (χ3v) is 4.61. The number of β-amino-alcohol motifs (C(OH)–C–C–N with tert-alkyl or cyclic N) is 1. The summed E-state index contributed by atoms with van der Waals surface area (Å²) in [5, 5.41) is 10.9. The van der Waals surface area contributed by atoms with E-state index in [4.69, 9.17) is 4.74 Å². The zero-order valence-corrected chi connectivity index (χ0v) is 14.8. The molecule has 0 spiro atoms. The molecule has 1 fully saturated rings. The standard InChI is InChI=1S/C19H26N2O3/c1-11(2)24-17-10-21(9-16(17)23)8-14-7-15(22)18-12(3)5-6-13(4)19(18)20-14/h5-7,11,16-17,23H,8-10H2,1-4H3,(H,20,22)/t16-,17-/m0/s1. The van der Waals surface area contributed by atoms with Crippen molar-refractivity contribution < 1.29 is 9.84 Å². The number of aliphatic hydroxyl groups excluding tert-OH is 1. The molecule has 1 aromatic heterocycles. The van der Waals surface area contributed by atoms with E-state index >= 15 is 0 Å². The molecule has 0 aliphatic carbocycles. The summed E-state index contributed by atoms with van der Waals surface area (Å²) in [4.78, 5) is 18.0. The topological polar surface area (TPSA) is 65.6 Å². The first kappa shape index (κ1) is 17.1. The van der Waals surface area contributed by atoms with Crippen LogP contribution in [0, 0.1) is 13.8 Å². The van der Waals surface area contributed by atoms with Gasteiger partial charge in [-0.15, -0.1) is 0 Å². The lowest BCUT2D eigenvalue weighted by Crippen LogP contribution is -2.29. The largest absolute Gasteiger partial charge is 0.389 e. The Morgan fingerprint density at radius 2 is 2.00 bits per heavy atom. The molecule has 1 aliphatic rings. The first-order valence-corrected chi connectivity index (χ1v) is 8.53. The number of hydrogen-bond donors (Lipinski definition) is 2. The molecular formula is C19H26N2O3. The summed E-state index contributed by atoms with van der Waals surface area (Å²) in [7, 11) is 0. The van der Waals surface area contributed by atoms with Gasteiger partial charge in [-0.1, -0.05) is 12.1 Å². The Kier molecular flexibility index (Phi) is 4.76. The molecule has 1 aliphatic heterocycles. The number of nitrogens with one attached hydrogen (secondary N) is 1. The highest BCUT2D eigenvalue weighted by molar-refractivity contribution is 5.84. The molecule has 0 unspecified atom stereocenters. The van der Waals surface area contributed by atoms with Gasteiger partial charge in [-0.3, -0.25) is 9.69 Å². The molecule has 2 heterocycles. The molecule has 0 saturated carbocycles. The van der Waals surface area contributed by atoms with Crippen LogP contribution in [0.15, 0.2) is 23.0 Å². The first-order valence-electron chi connectivity index (χ1n) is 8.53. The van der Waals surface area contributed by atoms with Gasteiger partial charge in [-0.05, 0) is 38.8 Å². The van der Waals surface area contributed by atoms with E-state index < -0.39 is 6.10 Å². The second-order valence-electron chi connectivity index (χ2n) is 7.09. The van der Waals surface area contributed by atoms with Crippen LogP contribution in [0.1, 0.15) is 30.7 Å². The molecule has 1 aromatic carbocycles. The third-order valence-electron chi connectivity index (χ3n) is 4.61. The van der Waals surface area contributed by atoms with Crippen LogP contribution in [0.2, 0.25) is 0 Å². The predicted octanol–water partition coefficient (Wildman–Crippen LogP) is 2.12.